The molecule has 0 radical (unpaired) electrons. The van der Waals surface area contributed by atoms with Gasteiger partial charge in [-0.15, -0.1) is 0 Å². The van der Waals surface area contributed by atoms with E-state index in [1.165, 1.54) is 0 Å². The SMILES string of the molecule is CCn1ccnc1CC(N)c1ccc(C)nc1C. The van der Waals surface area contributed by atoms with Crippen LogP contribution >= 0.6 is 0 Å². The van der Waals surface area contributed by atoms with Gasteiger partial charge < -0.3 is 10.3 Å². The Morgan fingerprint density at radius 1 is 1.33 bits per heavy atom. The fourth-order valence-corrected chi connectivity index (χ4v) is 2.21. The standard InChI is InChI=1S/C14H20N4/c1-4-18-8-7-16-14(18)9-13(15)12-6-5-10(2)17-11(12)3/h5-8,13H,4,9,15H2,1-3H3. The summed E-state index contributed by atoms with van der Waals surface area (Å²) >= 11 is 0. The van der Waals surface area contributed by atoms with Crippen molar-refractivity contribution in [2.24, 2.45) is 5.73 Å². The van der Waals surface area contributed by atoms with E-state index in [1.54, 1.807) is 0 Å². The van der Waals surface area contributed by atoms with E-state index in [0.717, 1.165) is 35.7 Å². The summed E-state index contributed by atoms with van der Waals surface area (Å²) in [6, 6.07) is 4.03. The van der Waals surface area contributed by atoms with Crippen LogP contribution in [-0.4, -0.2) is 14.5 Å². The second kappa shape index (κ2) is 5.31. The van der Waals surface area contributed by atoms with Crippen molar-refractivity contribution in [3.05, 3.63) is 47.3 Å². The molecule has 2 aromatic rings. The van der Waals surface area contributed by atoms with Gasteiger partial charge in [-0.05, 0) is 32.4 Å². The molecule has 2 rings (SSSR count). The van der Waals surface area contributed by atoms with E-state index in [0.29, 0.717) is 0 Å². The molecule has 1 atom stereocenters. The number of nitrogens with zero attached hydrogens (tertiary/aromatic N) is 3. The molecule has 0 fully saturated rings. The van der Waals surface area contributed by atoms with Gasteiger partial charge in [-0.25, -0.2) is 4.98 Å². The molecule has 96 valence electrons. The predicted octanol–water partition coefficient (Wildman–Crippen LogP) is 2.16. The summed E-state index contributed by atoms with van der Waals surface area (Å²) < 4.78 is 2.12. The van der Waals surface area contributed by atoms with Gasteiger partial charge in [0, 0.05) is 42.8 Å². The summed E-state index contributed by atoms with van der Waals surface area (Å²) in [5.74, 6) is 1.03. The quantitative estimate of drug-likeness (QED) is 0.896. The molecule has 18 heavy (non-hydrogen) atoms. The Kier molecular flexibility index (Phi) is 3.77. The highest BCUT2D eigenvalue weighted by atomic mass is 15.1. The monoisotopic (exact) mass is 244 g/mol. The first-order valence-electron chi connectivity index (χ1n) is 6.31. The summed E-state index contributed by atoms with van der Waals surface area (Å²) in [5, 5.41) is 0. The molecular formula is C14H20N4. The average Bonchev–Trinajstić information content (AvgIpc) is 2.76. The number of aromatic nitrogens is 3. The second-order valence-electron chi connectivity index (χ2n) is 4.57. The lowest BCUT2D eigenvalue weighted by atomic mass is 10.0. The molecule has 0 saturated heterocycles. The molecule has 0 aliphatic rings. The van der Waals surface area contributed by atoms with Gasteiger partial charge in [0.25, 0.3) is 0 Å². The maximum atomic E-state index is 6.27. The number of hydrogen-bond acceptors (Lipinski definition) is 3. The van der Waals surface area contributed by atoms with Crippen LogP contribution in [0.25, 0.3) is 0 Å². The minimum Gasteiger partial charge on any atom is -0.335 e. The number of rotatable bonds is 4. The molecule has 2 heterocycles. The van der Waals surface area contributed by atoms with Crippen LogP contribution in [0.4, 0.5) is 0 Å². The van der Waals surface area contributed by atoms with Gasteiger partial charge in [0.1, 0.15) is 5.82 Å². The molecule has 0 aliphatic carbocycles. The van der Waals surface area contributed by atoms with Crippen LogP contribution in [0.15, 0.2) is 24.5 Å². The molecule has 2 N–H and O–H groups in total. The minimum absolute atomic E-state index is 0.0502. The highest BCUT2D eigenvalue weighted by Gasteiger charge is 2.13. The molecule has 0 spiro atoms. The number of nitrogens with two attached hydrogens (primary N) is 1. The number of hydrogen-bond donors (Lipinski definition) is 1. The normalized spacial score (nSPS) is 12.7. The molecule has 1 unspecified atom stereocenters. The van der Waals surface area contributed by atoms with Crippen LogP contribution in [0, 0.1) is 13.8 Å². The van der Waals surface area contributed by atoms with Gasteiger partial charge in [-0.3, -0.25) is 4.98 Å². The third-order valence-electron chi connectivity index (χ3n) is 3.21. The highest BCUT2D eigenvalue weighted by Crippen LogP contribution is 2.18. The molecule has 0 bridgehead atoms. The van der Waals surface area contributed by atoms with Crippen molar-refractivity contribution < 1.29 is 0 Å². The molecule has 0 amide bonds. The lowest BCUT2D eigenvalue weighted by molar-refractivity contribution is 0.624. The van der Waals surface area contributed by atoms with E-state index >= 15 is 0 Å². The third kappa shape index (κ3) is 2.59. The molecule has 0 aromatic carbocycles. The van der Waals surface area contributed by atoms with Gasteiger partial charge in [0.2, 0.25) is 0 Å². The smallest absolute Gasteiger partial charge is 0.110 e. The zero-order valence-electron chi connectivity index (χ0n) is 11.2. The van der Waals surface area contributed by atoms with Crippen molar-refractivity contribution in [2.75, 3.05) is 0 Å². The Bertz CT molecular complexity index is 530. The van der Waals surface area contributed by atoms with E-state index in [2.05, 4.69) is 27.5 Å². The Morgan fingerprint density at radius 3 is 2.78 bits per heavy atom. The lowest BCUT2D eigenvalue weighted by Gasteiger charge is -2.15. The fourth-order valence-electron chi connectivity index (χ4n) is 2.21. The molecule has 0 aliphatic heterocycles. The third-order valence-corrected chi connectivity index (χ3v) is 3.21. The number of pyridine rings is 1. The van der Waals surface area contributed by atoms with Gasteiger partial charge in [-0.2, -0.15) is 0 Å². The Hall–Kier alpha value is -1.68. The Labute approximate surface area is 108 Å². The fraction of sp³-hybridized carbons (Fsp3) is 0.429. The first kappa shape index (κ1) is 12.8. The van der Waals surface area contributed by atoms with Crippen LogP contribution in [0.3, 0.4) is 0 Å². The zero-order chi connectivity index (χ0) is 13.1. The topological polar surface area (TPSA) is 56.7 Å². The van der Waals surface area contributed by atoms with Crippen LogP contribution in [0.5, 0.6) is 0 Å². The summed E-state index contributed by atoms with van der Waals surface area (Å²) in [6.45, 7) is 7.03. The first-order valence-corrected chi connectivity index (χ1v) is 6.31. The average molecular weight is 244 g/mol. The van der Waals surface area contributed by atoms with E-state index in [9.17, 15) is 0 Å². The van der Waals surface area contributed by atoms with Crippen LogP contribution < -0.4 is 5.73 Å². The maximum absolute atomic E-state index is 6.27. The van der Waals surface area contributed by atoms with Gasteiger partial charge in [0.15, 0.2) is 0 Å². The molecule has 4 heteroatoms. The van der Waals surface area contributed by atoms with Crippen molar-refractivity contribution in [1.82, 2.24) is 14.5 Å². The van der Waals surface area contributed by atoms with E-state index in [1.807, 2.05) is 32.3 Å². The number of imidazole rings is 1. The van der Waals surface area contributed by atoms with Crippen LogP contribution in [0.2, 0.25) is 0 Å². The molecular weight excluding hydrogens is 224 g/mol. The van der Waals surface area contributed by atoms with E-state index in [4.69, 9.17) is 5.73 Å². The van der Waals surface area contributed by atoms with Crippen LogP contribution in [0.1, 0.15) is 35.7 Å². The summed E-state index contributed by atoms with van der Waals surface area (Å²) in [4.78, 5) is 8.82. The summed E-state index contributed by atoms with van der Waals surface area (Å²) in [7, 11) is 0. The summed E-state index contributed by atoms with van der Waals surface area (Å²) in [6.07, 6.45) is 4.56. The lowest BCUT2D eigenvalue weighted by Crippen LogP contribution is -2.18. The largest absolute Gasteiger partial charge is 0.335 e. The van der Waals surface area contributed by atoms with Crippen LogP contribution in [-0.2, 0) is 13.0 Å². The van der Waals surface area contributed by atoms with Crippen molar-refractivity contribution in [3.8, 4) is 0 Å². The van der Waals surface area contributed by atoms with Crippen molar-refractivity contribution >= 4 is 0 Å². The maximum Gasteiger partial charge on any atom is 0.110 e. The molecule has 2 aromatic heterocycles. The molecule has 0 saturated carbocycles. The second-order valence-corrected chi connectivity index (χ2v) is 4.57. The number of aryl methyl sites for hydroxylation is 3. The van der Waals surface area contributed by atoms with Gasteiger partial charge >= 0.3 is 0 Å². The van der Waals surface area contributed by atoms with Crippen molar-refractivity contribution in [1.29, 1.82) is 0 Å². The summed E-state index contributed by atoms with van der Waals surface area (Å²) in [5.41, 5.74) is 9.41. The van der Waals surface area contributed by atoms with E-state index in [-0.39, 0.29) is 6.04 Å². The van der Waals surface area contributed by atoms with Gasteiger partial charge in [-0.1, -0.05) is 6.07 Å². The van der Waals surface area contributed by atoms with Crippen molar-refractivity contribution in [2.45, 2.75) is 39.8 Å². The van der Waals surface area contributed by atoms with Crippen molar-refractivity contribution in [3.63, 3.8) is 0 Å². The van der Waals surface area contributed by atoms with Gasteiger partial charge in [0.05, 0.1) is 0 Å². The minimum atomic E-state index is -0.0502. The molecule has 4 nitrogen and oxygen atoms in total. The van der Waals surface area contributed by atoms with E-state index < -0.39 is 0 Å². The zero-order valence-corrected chi connectivity index (χ0v) is 11.2. The predicted molar refractivity (Wildman–Crippen MR) is 72.2 cm³/mol. The Balaban J connectivity index is 2.19. The highest BCUT2D eigenvalue weighted by molar-refractivity contribution is 5.25. The Morgan fingerprint density at radius 2 is 2.11 bits per heavy atom. The first-order chi connectivity index (χ1) is 8.61.